The van der Waals surface area contributed by atoms with Crippen LogP contribution in [0.2, 0.25) is 0 Å². The Morgan fingerprint density at radius 3 is 2.65 bits per heavy atom. The number of anilines is 1. The van der Waals surface area contributed by atoms with Crippen molar-refractivity contribution in [2.24, 2.45) is 0 Å². The highest BCUT2D eigenvalue weighted by molar-refractivity contribution is 5.96. The van der Waals surface area contributed by atoms with Gasteiger partial charge in [0.25, 0.3) is 5.91 Å². The topological polar surface area (TPSA) is 44.4 Å². The zero-order valence-corrected chi connectivity index (χ0v) is 12.7. The SMILES string of the molecule is CCNc1ccc(C(=O)NC2CCN(C)CC2)c(C)c1. The van der Waals surface area contributed by atoms with Crippen molar-refractivity contribution in [3.63, 3.8) is 0 Å². The van der Waals surface area contributed by atoms with Crippen molar-refractivity contribution < 1.29 is 4.79 Å². The largest absolute Gasteiger partial charge is 0.385 e. The number of amides is 1. The molecule has 1 fully saturated rings. The molecular weight excluding hydrogens is 250 g/mol. The number of hydrogen-bond acceptors (Lipinski definition) is 3. The van der Waals surface area contributed by atoms with Crippen molar-refractivity contribution >= 4 is 11.6 Å². The summed E-state index contributed by atoms with van der Waals surface area (Å²) in [6.45, 7) is 7.06. The highest BCUT2D eigenvalue weighted by atomic mass is 16.1. The van der Waals surface area contributed by atoms with Gasteiger partial charge in [0, 0.05) is 23.8 Å². The van der Waals surface area contributed by atoms with Gasteiger partial charge in [-0.1, -0.05) is 0 Å². The van der Waals surface area contributed by atoms with Crippen LogP contribution < -0.4 is 10.6 Å². The van der Waals surface area contributed by atoms with E-state index in [0.29, 0.717) is 6.04 Å². The standard InChI is InChI=1S/C16H25N3O/c1-4-17-14-5-6-15(12(2)11-14)16(20)18-13-7-9-19(3)10-8-13/h5-6,11,13,17H,4,7-10H2,1-3H3,(H,18,20). The second-order valence-electron chi connectivity index (χ2n) is 5.61. The first-order valence-corrected chi connectivity index (χ1v) is 7.44. The quantitative estimate of drug-likeness (QED) is 0.886. The minimum atomic E-state index is 0.0556. The number of nitrogens with zero attached hydrogens (tertiary/aromatic N) is 1. The minimum absolute atomic E-state index is 0.0556. The Morgan fingerprint density at radius 1 is 1.35 bits per heavy atom. The van der Waals surface area contributed by atoms with Crippen LogP contribution in [0.25, 0.3) is 0 Å². The lowest BCUT2D eigenvalue weighted by molar-refractivity contribution is 0.0916. The molecule has 2 rings (SSSR count). The summed E-state index contributed by atoms with van der Waals surface area (Å²) in [6, 6.07) is 6.23. The normalized spacial score (nSPS) is 16.9. The number of carbonyl (C=O) groups is 1. The van der Waals surface area contributed by atoms with Crippen molar-refractivity contribution in [2.45, 2.75) is 32.7 Å². The third-order valence-electron chi connectivity index (χ3n) is 3.91. The van der Waals surface area contributed by atoms with Gasteiger partial charge in [-0.15, -0.1) is 0 Å². The summed E-state index contributed by atoms with van der Waals surface area (Å²) in [4.78, 5) is 14.6. The van der Waals surface area contributed by atoms with Crippen LogP contribution in [-0.2, 0) is 0 Å². The number of benzene rings is 1. The third kappa shape index (κ3) is 3.73. The second kappa shape index (κ2) is 6.75. The highest BCUT2D eigenvalue weighted by Crippen LogP contribution is 2.16. The van der Waals surface area contributed by atoms with Crippen molar-refractivity contribution in [3.8, 4) is 0 Å². The van der Waals surface area contributed by atoms with Gasteiger partial charge >= 0.3 is 0 Å². The van der Waals surface area contributed by atoms with Gasteiger partial charge in [0.15, 0.2) is 0 Å². The van der Waals surface area contributed by atoms with E-state index >= 15 is 0 Å². The van der Waals surface area contributed by atoms with Crippen LogP contribution in [0.15, 0.2) is 18.2 Å². The molecule has 2 N–H and O–H groups in total. The monoisotopic (exact) mass is 275 g/mol. The first-order chi connectivity index (χ1) is 9.60. The number of likely N-dealkylation sites (tertiary alicyclic amines) is 1. The number of carbonyl (C=O) groups excluding carboxylic acids is 1. The smallest absolute Gasteiger partial charge is 0.251 e. The van der Waals surface area contributed by atoms with Crippen LogP contribution in [0.3, 0.4) is 0 Å². The molecule has 0 aromatic heterocycles. The summed E-state index contributed by atoms with van der Waals surface area (Å²) in [7, 11) is 2.13. The molecule has 20 heavy (non-hydrogen) atoms. The fourth-order valence-electron chi connectivity index (χ4n) is 2.65. The van der Waals surface area contributed by atoms with E-state index in [2.05, 4.69) is 29.5 Å². The fraction of sp³-hybridized carbons (Fsp3) is 0.562. The van der Waals surface area contributed by atoms with Crippen LogP contribution in [0.1, 0.15) is 35.7 Å². The molecule has 0 radical (unpaired) electrons. The van der Waals surface area contributed by atoms with E-state index in [1.54, 1.807) is 0 Å². The summed E-state index contributed by atoms with van der Waals surface area (Å²) >= 11 is 0. The first-order valence-electron chi connectivity index (χ1n) is 7.44. The van der Waals surface area contributed by atoms with E-state index < -0.39 is 0 Å². The van der Waals surface area contributed by atoms with E-state index in [4.69, 9.17) is 0 Å². The molecule has 0 aliphatic carbocycles. The van der Waals surface area contributed by atoms with Crippen molar-refractivity contribution in [1.29, 1.82) is 0 Å². The number of hydrogen-bond donors (Lipinski definition) is 2. The van der Waals surface area contributed by atoms with Crippen LogP contribution >= 0.6 is 0 Å². The lowest BCUT2D eigenvalue weighted by Crippen LogP contribution is -2.43. The van der Waals surface area contributed by atoms with Crippen LogP contribution in [0.4, 0.5) is 5.69 Å². The Hall–Kier alpha value is -1.55. The predicted octanol–water partition coefficient (Wildman–Crippen LogP) is 2.25. The maximum Gasteiger partial charge on any atom is 0.251 e. The van der Waals surface area contributed by atoms with Gasteiger partial charge in [0.05, 0.1) is 0 Å². The number of aryl methyl sites for hydroxylation is 1. The van der Waals surface area contributed by atoms with Gasteiger partial charge < -0.3 is 15.5 Å². The van der Waals surface area contributed by atoms with E-state index in [-0.39, 0.29) is 5.91 Å². The molecule has 1 aromatic carbocycles. The summed E-state index contributed by atoms with van der Waals surface area (Å²) in [5.41, 5.74) is 2.88. The van der Waals surface area contributed by atoms with Crippen molar-refractivity contribution in [3.05, 3.63) is 29.3 Å². The zero-order chi connectivity index (χ0) is 14.5. The molecule has 0 bridgehead atoms. The minimum Gasteiger partial charge on any atom is -0.385 e. The first kappa shape index (κ1) is 14.9. The summed E-state index contributed by atoms with van der Waals surface area (Å²) in [5, 5.41) is 6.43. The molecule has 110 valence electrons. The molecule has 4 heteroatoms. The van der Waals surface area contributed by atoms with Gasteiger partial charge in [-0.05, 0) is 70.6 Å². The van der Waals surface area contributed by atoms with Crippen molar-refractivity contribution in [2.75, 3.05) is 32.0 Å². The molecule has 1 amide bonds. The van der Waals surface area contributed by atoms with E-state index in [1.165, 1.54) is 0 Å². The van der Waals surface area contributed by atoms with E-state index in [0.717, 1.165) is 49.3 Å². The third-order valence-corrected chi connectivity index (χ3v) is 3.91. The van der Waals surface area contributed by atoms with Crippen LogP contribution in [0.5, 0.6) is 0 Å². The average molecular weight is 275 g/mol. The summed E-state index contributed by atoms with van der Waals surface area (Å²) in [5.74, 6) is 0.0556. The van der Waals surface area contributed by atoms with Crippen LogP contribution in [0, 0.1) is 6.92 Å². The van der Waals surface area contributed by atoms with Gasteiger partial charge in [-0.2, -0.15) is 0 Å². The molecule has 0 unspecified atom stereocenters. The maximum absolute atomic E-state index is 12.3. The molecule has 1 aliphatic heterocycles. The van der Waals surface area contributed by atoms with Gasteiger partial charge in [-0.3, -0.25) is 4.79 Å². The number of piperidine rings is 1. The molecule has 1 aromatic rings. The molecular formula is C16H25N3O. The Morgan fingerprint density at radius 2 is 2.05 bits per heavy atom. The average Bonchev–Trinajstić information content (AvgIpc) is 2.42. The lowest BCUT2D eigenvalue weighted by atomic mass is 10.0. The summed E-state index contributed by atoms with van der Waals surface area (Å²) < 4.78 is 0. The molecule has 0 saturated carbocycles. The zero-order valence-electron chi connectivity index (χ0n) is 12.7. The molecule has 1 saturated heterocycles. The Bertz CT molecular complexity index is 465. The van der Waals surface area contributed by atoms with Crippen molar-refractivity contribution in [1.82, 2.24) is 10.2 Å². The Kier molecular flexibility index (Phi) is 5.01. The van der Waals surface area contributed by atoms with E-state index in [9.17, 15) is 4.79 Å². The Labute approximate surface area is 121 Å². The summed E-state index contributed by atoms with van der Waals surface area (Å²) in [6.07, 6.45) is 2.08. The van der Waals surface area contributed by atoms with E-state index in [1.807, 2.05) is 25.1 Å². The number of nitrogens with one attached hydrogen (secondary N) is 2. The Balaban J connectivity index is 1.98. The van der Waals surface area contributed by atoms with Gasteiger partial charge in [-0.25, -0.2) is 0 Å². The molecule has 0 spiro atoms. The van der Waals surface area contributed by atoms with Gasteiger partial charge in [0.1, 0.15) is 0 Å². The highest BCUT2D eigenvalue weighted by Gasteiger charge is 2.19. The van der Waals surface area contributed by atoms with Crippen LogP contribution in [-0.4, -0.2) is 43.5 Å². The van der Waals surface area contributed by atoms with Gasteiger partial charge in [0.2, 0.25) is 0 Å². The maximum atomic E-state index is 12.3. The molecule has 1 heterocycles. The predicted molar refractivity (Wildman–Crippen MR) is 83.3 cm³/mol. The molecule has 1 aliphatic rings. The molecule has 0 atom stereocenters. The number of rotatable bonds is 4. The lowest BCUT2D eigenvalue weighted by Gasteiger charge is -2.29. The molecule has 4 nitrogen and oxygen atoms in total. The second-order valence-corrected chi connectivity index (χ2v) is 5.61. The fourth-order valence-corrected chi connectivity index (χ4v) is 2.65.